The van der Waals surface area contributed by atoms with E-state index in [9.17, 15) is 9.18 Å². The summed E-state index contributed by atoms with van der Waals surface area (Å²) in [6.07, 6.45) is 1.24. The summed E-state index contributed by atoms with van der Waals surface area (Å²) in [5, 5.41) is 11.1. The Hall–Kier alpha value is -3.41. The van der Waals surface area contributed by atoms with Crippen molar-refractivity contribution in [1.29, 1.82) is 0 Å². The van der Waals surface area contributed by atoms with Gasteiger partial charge in [0, 0.05) is 34.7 Å². The first-order chi connectivity index (χ1) is 14.9. The second-order valence-corrected chi connectivity index (χ2v) is 9.03. The van der Waals surface area contributed by atoms with E-state index < -0.39 is 0 Å². The molecule has 2 N–H and O–H groups in total. The van der Waals surface area contributed by atoms with E-state index in [2.05, 4.69) is 29.4 Å². The van der Waals surface area contributed by atoms with Gasteiger partial charge in [0.25, 0.3) is 0 Å². The maximum Gasteiger partial charge on any atom is 0.162 e. The molecule has 1 aliphatic heterocycles. The number of Topliss-reactive ketones (excluding diaryl/α,β-unsaturated/α-hetero) is 1. The van der Waals surface area contributed by atoms with Crippen molar-refractivity contribution < 1.29 is 13.9 Å². The highest BCUT2D eigenvalue weighted by Crippen LogP contribution is 2.50. The molecule has 2 heterocycles. The lowest BCUT2D eigenvalue weighted by molar-refractivity contribution is -0.118. The Balaban J connectivity index is 1.70. The van der Waals surface area contributed by atoms with Gasteiger partial charge in [-0.25, -0.2) is 4.39 Å². The fourth-order valence-electron chi connectivity index (χ4n) is 4.76. The molecule has 31 heavy (non-hydrogen) atoms. The normalized spacial score (nSPS) is 19.5. The summed E-state index contributed by atoms with van der Waals surface area (Å²) in [4.78, 5) is 13.3. The van der Waals surface area contributed by atoms with Gasteiger partial charge in [-0.1, -0.05) is 26.0 Å². The maximum absolute atomic E-state index is 13.7. The zero-order chi connectivity index (χ0) is 21.8. The van der Waals surface area contributed by atoms with Crippen LogP contribution in [0.15, 0.2) is 59.8 Å². The van der Waals surface area contributed by atoms with Crippen molar-refractivity contribution in [3.05, 3.63) is 76.7 Å². The van der Waals surface area contributed by atoms with E-state index in [0.29, 0.717) is 12.2 Å². The molecule has 158 valence electrons. The maximum atomic E-state index is 13.7. The molecule has 0 spiro atoms. The van der Waals surface area contributed by atoms with E-state index in [1.165, 1.54) is 12.1 Å². The molecule has 0 saturated heterocycles. The number of ketones is 1. The molecule has 0 saturated carbocycles. The van der Waals surface area contributed by atoms with Crippen LogP contribution in [0.4, 0.5) is 10.2 Å². The lowest BCUT2D eigenvalue weighted by atomic mass is 9.69. The Morgan fingerprint density at radius 1 is 1.06 bits per heavy atom. The molecule has 1 atom stereocenters. The summed E-state index contributed by atoms with van der Waals surface area (Å²) >= 11 is 0. The van der Waals surface area contributed by atoms with Crippen molar-refractivity contribution in [2.75, 3.05) is 12.4 Å². The van der Waals surface area contributed by atoms with Crippen LogP contribution in [0.25, 0.3) is 11.3 Å². The number of ether oxygens (including phenoxy) is 1. The van der Waals surface area contributed by atoms with Crippen LogP contribution < -0.4 is 10.1 Å². The average Bonchev–Trinajstić information content (AvgIpc) is 3.15. The van der Waals surface area contributed by atoms with E-state index in [-0.39, 0.29) is 22.9 Å². The summed E-state index contributed by atoms with van der Waals surface area (Å²) < 4.78 is 19.0. The Bertz CT molecular complexity index is 1190. The number of carbonyl (C=O) groups excluding carboxylic acids is 1. The largest absolute Gasteiger partial charge is 0.497 e. The van der Waals surface area contributed by atoms with Gasteiger partial charge in [-0.2, -0.15) is 5.10 Å². The number of nitrogens with zero attached hydrogens (tertiary/aromatic N) is 1. The van der Waals surface area contributed by atoms with E-state index in [4.69, 9.17) is 4.74 Å². The van der Waals surface area contributed by atoms with Gasteiger partial charge in [0.2, 0.25) is 0 Å². The van der Waals surface area contributed by atoms with Crippen LogP contribution in [-0.2, 0) is 4.79 Å². The standard InChI is InChI=1S/C25H24FN3O2/c1-25(2)12-18-21(19(30)13-25)20(14-4-8-16(26)9-5-14)22-23(28-29-24(22)27-18)15-6-10-17(31-3)11-7-15/h4-11,20H,12-13H2,1-3H3,(H2,27,28,29). The monoisotopic (exact) mass is 417 g/mol. The lowest BCUT2D eigenvalue weighted by Gasteiger charge is -2.38. The molecule has 0 amide bonds. The van der Waals surface area contributed by atoms with Gasteiger partial charge in [0.1, 0.15) is 11.6 Å². The first kappa shape index (κ1) is 19.5. The minimum Gasteiger partial charge on any atom is -0.497 e. The zero-order valence-corrected chi connectivity index (χ0v) is 17.8. The Morgan fingerprint density at radius 2 is 1.77 bits per heavy atom. The number of aromatic amines is 1. The number of carbonyl (C=O) groups is 1. The van der Waals surface area contributed by atoms with Crippen LogP contribution in [0, 0.1) is 11.2 Å². The fraction of sp³-hybridized carbons (Fsp3) is 0.280. The van der Waals surface area contributed by atoms with E-state index in [0.717, 1.165) is 45.8 Å². The van der Waals surface area contributed by atoms with Crippen molar-refractivity contribution in [2.45, 2.75) is 32.6 Å². The number of rotatable bonds is 3. The summed E-state index contributed by atoms with van der Waals surface area (Å²) in [6, 6.07) is 14.1. The second-order valence-electron chi connectivity index (χ2n) is 9.03. The predicted octanol–water partition coefficient (Wildman–Crippen LogP) is 5.43. The number of methoxy groups -OCH3 is 1. The lowest BCUT2D eigenvalue weighted by Crippen LogP contribution is -2.33. The molecule has 0 fully saturated rings. The van der Waals surface area contributed by atoms with Crippen molar-refractivity contribution in [3.8, 4) is 17.0 Å². The van der Waals surface area contributed by atoms with Crippen LogP contribution in [0.3, 0.4) is 0 Å². The minimum atomic E-state index is -0.314. The molecular formula is C25H24FN3O2. The molecule has 0 radical (unpaired) electrons. The van der Waals surface area contributed by atoms with E-state index in [1.54, 1.807) is 19.2 Å². The van der Waals surface area contributed by atoms with Gasteiger partial charge in [-0.05, 0) is 53.8 Å². The number of nitrogens with one attached hydrogen (secondary N) is 2. The molecule has 5 rings (SSSR count). The Morgan fingerprint density at radius 3 is 2.45 bits per heavy atom. The summed E-state index contributed by atoms with van der Waals surface area (Å²) in [7, 11) is 1.63. The molecular weight excluding hydrogens is 393 g/mol. The van der Waals surface area contributed by atoms with Crippen LogP contribution in [0.2, 0.25) is 0 Å². The third-order valence-corrected chi connectivity index (χ3v) is 6.15. The first-order valence-corrected chi connectivity index (χ1v) is 10.4. The number of benzene rings is 2. The van der Waals surface area contributed by atoms with Crippen LogP contribution in [0.1, 0.15) is 43.7 Å². The van der Waals surface area contributed by atoms with Crippen LogP contribution >= 0.6 is 0 Å². The number of aromatic nitrogens is 2. The SMILES string of the molecule is COc1ccc(-c2[nH]nc3c2C(c2ccc(F)cc2)C2=C(CC(C)(C)CC2=O)N3)cc1. The van der Waals surface area contributed by atoms with Gasteiger partial charge < -0.3 is 10.1 Å². The van der Waals surface area contributed by atoms with E-state index >= 15 is 0 Å². The molecule has 6 heteroatoms. The van der Waals surface area contributed by atoms with Crippen molar-refractivity contribution in [1.82, 2.24) is 10.2 Å². The second kappa shape index (κ2) is 7.08. The van der Waals surface area contributed by atoms with Gasteiger partial charge in [-0.3, -0.25) is 9.89 Å². The van der Waals surface area contributed by atoms with Crippen LogP contribution in [0.5, 0.6) is 5.75 Å². The molecule has 2 aromatic carbocycles. The minimum absolute atomic E-state index is 0.122. The summed E-state index contributed by atoms with van der Waals surface area (Å²) in [5.41, 5.74) is 5.11. The van der Waals surface area contributed by atoms with Gasteiger partial charge >= 0.3 is 0 Å². The molecule has 0 bridgehead atoms. The molecule has 5 nitrogen and oxygen atoms in total. The number of fused-ring (bicyclic) bond motifs is 1. The highest BCUT2D eigenvalue weighted by Gasteiger charge is 2.42. The average molecular weight is 417 g/mol. The number of halogens is 1. The van der Waals surface area contributed by atoms with E-state index in [1.807, 2.05) is 24.3 Å². The van der Waals surface area contributed by atoms with Crippen molar-refractivity contribution >= 4 is 11.6 Å². The summed E-state index contributed by atoms with van der Waals surface area (Å²) in [6.45, 7) is 4.21. The number of hydrogen-bond acceptors (Lipinski definition) is 4. The third-order valence-electron chi connectivity index (χ3n) is 6.15. The molecule has 2 aliphatic rings. The molecule has 1 unspecified atom stereocenters. The highest BCUT2D eigenvalue weighted by molar-refractivity contribution is 6.02. The number of anilines is 1. The Labute approximate surface area is 180 Å². The smallest absolute Gasteiger partial charge is 0.162 e. The molecule has 1 aromatic heterocycles. The fourth-order valence-corrected chi connectivity index (χ4v) is 4.76. The van der Waals surface area contributed by atoms with Crippen molar-refractivity contribution in [2.24, 2.45) is 5.41 Å². The van der Waals surface area contributed by atoms with Crippen LogP contribution in [-0.4, -0.2) is 23.1 Å². The first-order valence-electron chi connectivity index (χ1n) is 10.4. The molecule has 3 aromatic rings. The third kappa shape index (κ3) is 3.32. The van der Waals surface area contributed by atoms with Gasteiger partial charge in [-0.15, -0.1) is 0 Å². The number of hydrogen-bond donors (Lipinski definition) is 2. The zero-order valence-electron chi connectivity index (χ0n) is 17.8. The number of H-pyrrole nitrogens is 1. The van der Waals surface area contributed by atoms with Crippen molar-refractivity contribution in [3.63, 3.8) is 0 Å². The predicted molar refractivity (Wildman–Crippen MR) is 117 cm³/mol. The van der Waals surface area contributed by atoms with Gasteiger partial charge in [0.15, 0.2) is 11.6 Å². The topological polar surface area (TPSA) is 67.0 Å². The van der Waals surface area contributed by atoms with Gasteiger partial charge in [0.05, 0.1) is 12.8 Å². The highest BCUT2D eigenvalue weighted by atomic mass is 19.1. The Kier molecular flexibility index (Phi) is 4.46. The number of allylic oxidation sites excluding steroid dienone is 2. The summed E-state index contributed by atoms with van der Waals surface area (Å²) in [5.74, 6) is 0.988. The molecule has 1 aliphatic carbocycles. The quantitative estimate of drug-likeness (QED) is 0.597.